The number of hydrogen-bond acceptors (Lipinski definition) is 1. The van der Waals surface area contributed by atoms with Crippen LogP contribution >= 0.6 is 0 Å². The molecule has 0 atom stereocenters. The van der Waals surface area contributed by atoms with Crippen molar-refractivity contribution in [1.29, 1.82) is 0 Å². The van der Waals surface area contributed by atoms with Crippen LogP contribution in [0, 0.1) is 0 Å². The standard InChI is InChI=1S/Ca.FH.Fe.O.2H/h;1H;;;;. The van der Waals surface area contributed by atoms with Gasteiger partial charge in [-0.15, -0.1) is 0 Å². The molecule has 0 saturated heterocycles. The average Bonchev–Trinajstić information content (AvgIpc) is 1.00. The Bertz CT molecular complexity index is 8.00. The zero-order valence-electron chi connectivity index (χ0n) is 1.17. The molecule has 4 heavy (non-hydrogen) atoms. The van der Waals surface area contributed by atoms with Crippen molar-refractivity contribution in [2.24, 2.45) is 0 Å². The molecule has 0 N–H and O–H groups in total. The van der Waals surface area contributed by atoms with Gasteiger partial charge in [0.15, 0.2) is 0 Å². The van der Waals surface area contributed by atoms with Gasteiger partial charge in [0, 0.05) is 0 Å². The maximum absolute atomic E-state index is 8.00. The van der Waals surface area contributed by atoms with Crippen LogP contribution < -0.4 is 0 Å². The first-order valence-electron chi connectivity index (χ1n) is 0.144. The van der Waals surface area contributed by atoms with Crippen molar-refractivity contribution in [3.05, 3.63) is 0 Å². The molecule has 26 valence electrons. The second-order valence-electron chi connectivity index (χ2n) is 0. The van der Waals surface area contributed by atoms with Gasteiger partial charge in [-0.1, -0.05) is 0 Å². The molecule has 0 spiro atoms. The van der Waals surface area contributed by atoms with E-state index < -0.39 is 0 Å². The maximum atomic E-state index is 8.00. The Hall–Kier alpha value is 1.51. The fourth-order valence-corrected chi connectivity index (χ4v) is 0. The van der Waals surface area contributed by atoms with Crippen LogP contribution in [0.1, 0.15) is 0 Å². The zero-order chi connectivity index (χ0) is 2.00. The number of halogens is 1. The summed E-state index contributed by atoms with van der Waals surface area (Å²) in [6, 6.07) is 0. The third-order valence-corrected chi connectivity index (χ3v) is 0. The molecule has 4 heteroatoms. The molecule has 0 amide bonds. The van der Waals surface area contributed by atoms with Crippen molar-refractivity contribution < 1.29 is 24.5 Å². The summed E-state index contributed by atoms with van der Waals surface area (Å²) in [6.45, 7) is 0. The summed E-state index contributed by atoms with van der Waals surface area (Å²) in [7, 11) is 0. The van der Waals surface area contributed by atoms with Crippen molar-refractivity contribution in [1.82, 2.24) is 0 Å². The molecule has 0 rings (SSSR count). The first-order valence-corrected chi connectivity index (χ1v) is 0.595. The van der Waals surface area contributed by atoms with Gasteiger partial charge in [0.1, 0.15) is 0 Å². The van der Waals surface area contributed by atoms with Gasteiger partial charge in [-0.05, 0) is 0 Å². The van der Waals surface area contributed by atoms with Gasteiger partial charge in [0.2, 0.25) is 0 Å². The van der Waals surface area contributed by atoms with E-state index in [0.29, 0.717) is 0 Å². The number of rotatable bonds is 0. The van der Waals surface area contributed by atoms with E-state index in [1.54, 1.807) is 0 Å². The molecule has 1 nitrogen and oxygen atoms in total. The fourth-order valence-electron chi connectivity index (χ4n) is 0. The molecule has 0 aliphatic carbocycles. The van der Waals surface area contributed by atoms with Crippen LogP contribution in [0.15, 0.2) is 0 Å². The van der Waals surface area contributed by atoms with E-state index in [2.05, 4.69) is 0 Å². The Balaban J connectivity index is -0.00000000500. The molecule has 0 aliphatic heterocycles. The van der Waals surface area contributed by atoms with E-state index in [4.69, 9.17) is 3.83 Å². The van der Waals surface area contributed by atoms with Crippen LogP contribution in [0.5, 0.6) is 0 Å². The van der Waals surface area contributed by atoms with Gasteiger partial charge in [-0.2, -0.15) is 0 Å². The second kappa shape index (κ2) is 24.4. The molecule has 0 aliphatic rings. The minimum atomic E-state index is 0. The molecule has 0 aromatic carbocycles. The SMILES string of the molecule is F.[CaH2].[O]=[Fe]. The predicted molar refractivity (Wildman–Crippen MR) is 11.7 cm³/mol. The van der Waals surface area contributed by atoms with Crippen LogP contribution in [0.25, 0.3) is 0 Å². The van der Waals surface area contributed by atoms with E-state index in [-0.39, 0.29) is 42.4 Å². The van der Waals surface area contributed by atoms with Crippen molar-refractivity contribution >= 4 is 37.7 Å². The van der Waals surface area contributed by atoms with Gasteiger partial charge in [-0.3, -0.25) is 4.70 Å². The van der Waals surface area contributed by atoms with E-state index in [9.17, 15) is 0 Å². The van der Waals surface area contributed by atoms with E-state index in [1.165, 1.54) is 0 Å². The summed E-state index contributed by atoms with van der Waals surface area (Å²) in [6.07, 6.45) is 0. The van der Waals surface area contributed by atoms with Crippen molar-refractivity contribution in [2.75, 3.05) is 0 Å². The Labute approximate surface area is 61.5 Å². The van der Waals surface area contributed by atoms with Crippen LogP contribution in [-0.4, -0.2) is 37.7 Å². The van der Waals surface area contributed by atoms with Crippen LogP contribution in [0.2, 0.25) is 0 Å². The average molecular weight is 134 g/mol. The quantitative estimate of drug-likeness (QED) is 0.393. The number of hydrogen-bond donors (Lipinski definition) is 0. The second-order valence-corrected chi connectivity index (χ2v) is 0. The monoisotopic (exact) mass is 134 g/mol. The van der Waals surface area contributed by atoms with E-state index in [0.717, 1.165) is 0 Å². The molecule has 0 fully saturated rings. The van der Waals surface area contributed by atoms with Gasteiger partial charge in [0.25, 0.3) is 0 Å². The van der Waals surface area contributed by atoms with Crippen LogP contribution in [0.3, 0.4) is 0 Å². The van der Waals surface area contributed by atoms with Crippen LogP contribution in [-0.2, 0) is 19.8 Å². The summed E-state index contributed by atoms with van der Waals surface area (Å²) in [5.74, 6) is 0. The molecule has 0 bridgehead atoms. The van der Waals surface area contributed by atoms with Gasteiger partial charge in [0.05, 0.1) is 0 Å². The van der Waals surface area contributed by atoms with Crippen molar-refractivity contribution in [3.8, 4) is 0 Å². The van der Waals surface area contributed by atoms with Gasteiger partial charge >= 0.3 is 57.5 Å². The van der Waals surface area contributed by atoms with Crippen molar-refractivity contribution in [2.45, 2.75) is 0 Å². The normalized spacial score (nSPS) is 1.25. The summed E-state index contributed by atoms with van der Waals surface area (Å²) in [5, 5.41) is 0. The molecule has 0 saturated carbocycles. The van der Waals surface area contributed by atoms with Gasteiger partial charge < -0.3 is 0 Å². The van der Waals surface area contributed by atoms with Crippen LogP contribution in [0.4, 0.5) is 4.70 Å². The predicted octanol–water partition coefficient (Wildman–Crippen LogP) is -0.885. The molecule has 0 heterocycles. The third kappa shape index (κ3) is 9.70. The minimum absolute atomic E-state index is 0. The zero-order valence-corrected chi connectivity index (χ0v) is 2.27. The summed E-state index contributed by atoms with van der Waals surface area (Å²) < 4.78 is 8.00. The van der Waals surface area contributed by atoms with Gasteiger partial charge in [-0.25, -0.2) is 0 Å². The molecular weight excluding hydrogens is 131 g/mol. The molecule has 0 aromatic rings. The topological polar surface area (TPSA) is 17.1 Å². The summed E-state index contributed by atoms with van der Waals surface area (Å²) in [4.78, 5) is 0. The summed E-state index contributed by atoms with van der Waals surface area (Å²) >= 11 is 2.00. The summed E-state index contributed by atoms with van der Waals surface area (Å²) in [5.41, 5.74) is 0. The van der Waals surface area contributed by atoms with Crippen molar-refractivity contribution in [3.63, 3.8) is 0 Å². The molecule has 0 unspecified atom stereocenters. The Kier molecular flexibility index (Phi) is 108. The molecule has 0 radical (unpaired) electrons. The Morgan fingerprint density at radius 2 is 1.25 bits per heavy atom. The van der Waals surface area contributed by atoms with E-state index >= 15 is 0 Å². The Morgan fingerprint density at radius 1 is 1.25 bits per heavy atom. The molecular formula is H3CaFFeO. The fraction of sp³-hybridized carbons (Fsp3) is 0. The molecule has 0 aromatic heterocycles. The third-order valence-electron chi connectivity index (χ3n) is 0. The first kappa shape index (κ1) is 17.8. The first-order chi connectivity index (χ1) is 1.00. The van der Waals surface area contributed by atoms with E-state index in [1.807, 2.05) is 15.9 Å². The Morgan fingerprint density at radius 3 is 1.25 bits per heavy atom.